The van der Waals surface area contributed by atoms with Crippen molar-refractivity contribution in [3.63, 3.8) is 0 Å². The summed E-state index contributed by atoms with van der Waals surface area (Å²) in [6.45, 7) is 10.7. The first-order valence-corrected chi connectivity index (χ1v) is 9.70. The predicted molar refractivity (Wildman–Crippen MR) is 109 cm³/mol. The highest BCUT2D eigenvalue weighted by Crippen LogP contribution is 2.18. The van der Waals surface area contributed by atoms with Gasteiger partial charge in [0.15, 0.2) is 11.8 Å². The van der Waals surface area contributed by atoms with Crippen LogP contribution in [-0.2, 0) is 27.2 Å². The Balaban J connectivity index is 2.16. The Bertz CT molecular complexity index is 756. The van der Waals surface area contributed by atoms with E-state index in [1.165, 1.54) is 5.56 Å². The molecule has 0 spiro atoms. The standard InChI is InChI=1S/C19H34N8/c1-8-9-10-20-19(21-11-17-23-22-15(4)27(17)7)25(5)12-16-13-26(6)24-18(16)14(2)3/h13-14H,8-12H2,1-7H3,(H,20,21). The summed E-state index contributed by atoms with van der Waals surface area (Å²) in [5.74, 6) is 3.03. The highest BCUT2D eigenvalue weighted by Gasteiger charge is 2.15. The van der Waals surface area contributed by atoms with E-state index in [0.29, 0.717) is 12.5 Å². The average Bonchev–Trinajstić information content (AvgIpc) is 3.14. The third-order valence-electron chi connectivity index (χ3n) is 4.62. The summed E-state index contributed by atoms with van der Waals surface area (Å²) < 4.78 is 3.87. The molecule has 2 rings (SSSR count). The third kappa shape index (κ3) is 5.55. The molecule has 8 nitrogen and oxygen atoms in total. The molecule has 2 aromatic rings. The number of aromatic nitrogens is 5. The summed E-state index contributed by atoms with van der Waals surface area (Å²) in [5.41, 5.74) is 2.37. The first-order valence-electron chi connectivity index (χ1n) is 9.70. The fraction of sp³-hybridized carbons (Fsp3) is 0.684. The van der Waals surface area contributed by atoms with E-state index in [1.54, 1.807) is 0 Å². The van der Waals surface area contributed by atoms with Crippen LogP contribution in [0.2, 0.25) is 0 Å². The molecule has 1 N–H and O–H groups in total. The number of hydrogen-bond donors (Lipinski definition) is 1. The SMILES string of the molecule is CCCCNC(=NCc1nnc(C)n1C)N(C)Cc1cn(C)nc1C(C)C. The van der Waals surface area contributed by atoms with Gasteiger partial charge in [-0.2, -0.15) is 5.10 Å². The number of nitrogens with zero attached hydrogens (tertiary/aromatic N) is 7. The van der Waals surface area contributed by atoms with E-state index < -0.39 is 0 Å². The summed E-state index contributed by atoms with van der Waals surface area (Å²) in [6, 6.07) is 0. The molecule has 150 valence electrons. The van der Waals surface area contributed by atoms with Crippen LogP contribution in [0.3, 0.4) is 0 Å². The van der Waals surface area contributed by atoms with Gasteiger partial charge in [-0.25, -0.2) is 4.99 Å². The Morgan fingerprint density at radius 1 is 1.30 bits per heavy atom. The maximum atomic E-state index is 4.80. The maximum absolute atomic E-state index is 4.80. The molecule has 0 radical (unpaired) electrons. The van der Waals surface area contributed by atoms with Crippen LogP contribution in [0, 0.1) is 6.92 Å². The lowest BCUT2D eigenvalue weighted by Gasteiger charge is -2.23. The van der Waals surface area contributed by atoms with Crippen LogP contribution in [0.25, 0.3) is 0 Å². The second-order valence-corrected chi connectivity index (χ2v) is 7.37. The van der Waals surface area contributed by atoms with Gasteiger partial charge in [-0.3, -0.25) is 4.68 Å². The molecule has 0 bridgehead atoms. The van der Waals surface area contributed by atoms with E-state index in [9.17, 15) is 0 Å². The van der Waals surface area contributed by atoms with Crippen LogP contribution in [0.1, 0.15) is 62.4 Å². The minimum absolute atomic E-state index is 0.393. The Hall–Kier alpha value is -2.38. The average molecular weight is 375 g/mol. The highest BCUT2D eigenvalue weighted by molar-refractivity contribution is 5.79. The van der Waals surface area contributed by atoms with Crippen molar-refractivity contribution in [1.29, 1.82) is 0 Å². The molecule has 27 heavy (non-hydrogen) atoms. The third-order valence-corrected chi connectivity index (χ3v) is 4.62. The lowest BCUT2D eigenvalue weighted by molar-refractivity contribution is 0.469. The molecule has 0 amide bonds. The van der Waals surface area contributed by atoms with Gasteiger partial charge in [-0.05, 0) is 19.3 Å². The molecule has 0 saturated heterocycles. The number of aliphatic imine (C=N–C) groups is 1. The van der Waals surface area contributed by atoms with Crippen molar-refractivity contribution >= 4 is 5.96 Å². The number of hydrogen-bond acceptors (Lipinski definition) is 4. The number of rotatable bonds is 8. The Kier molecular flexibility index (Phi) is 7.38. The lowest BCUT2D eigenvalue weighted by Crippen LogP contribution is -2.39. The molecule has 8 heteroatoms. The Morgan fingerprint density at radius 2 is 2.04 bits per heavy atom. The van der Waals surface area contributed by atoms with Crippen LogP contribution in [-0.4, -0.2) is 49.0 Å². The molecule has 0 aliphatic heterocycles. The van der Waals surface area contributed by atoms with E-state index in [4.69, 9.17) is 4.99 Å². The fourth-order valence-corrected chi connectivity index (χ4v) is 2.92. The van der Waals surface area contributed by atoms with Gasteiger partial charge in [0.1, 0.15) is 12.4 Å². The summed E-state index contributed by atoms with van der Waals surface area (Å²) in [5, 5.41) is 16.4. The van der Waals surface area contributed by atoms with Gasteiger partial charge in [-0.15, -0.1) is 10.2 Å². The molecule has 0 aliphatic rings. The van der Waals surface area contributed by atoms with Crippen molar-refractivity contribution in [2.45, 2.75) is 59.5 Å². The van der Waals surface area contributed by atoms with Crippen molar-refractivity contribution in [2.75, 3.05) is 13.6 Å². The lowest BCUT2D eigenvalue weighted by atomic mass is 10.1. The summed E-state index contributed by atoms with van der Waals surface area (Å²) in [4.78, 5) is 6.95. The number of unbranched alkanes of at least 4 members (excludes halogenated alkanes) is 1. The molecule has 0 aromatic carbocycles. The highest BCUT2D eigenvalue weighted by atomic mass is 15.3. The van der Waals surface area contributed by atoms with Gasteiger partial charge in [-0.1, -0.05) is 27.2 Å². The van der Waals surface area contributed by atoms with Crippen LogP contribution in [0.4, 0.5) is 0 Å². The fourth-order valence-electron chi connectivity index (χ4n) is 2.92. The van der Waals surface area contributed by atoms with E-state index in [0.717, 1.165) is 49.2 Å². The zero-order valence-electron chi connectivity index (χ0n) is 17.8. The van der Waals surface area contributed by atoms with Crippen LogP contribution in [0.5, 0.6) is 0 Å². The van der Waals surface area contributed by atoms with Gasteiger partial charge in [0.25, 0.3) is 0 Å². The maximum Gasteiger partial charge on any atom is 0.194 e. The molecule has 0 atom stereocenters. The van der Waals surface area contributed by atoms with Crippen molar-refractivity contribution in [1.82, 2.24) is 34.8 Å². The minimum Gasteiger partial charge on any atom is -0.356 e. The van der Waals surface area contributed by atoms with E-state index in [1.807, 2.05) is 30.3 Å². The van der Waals surface area contributed by atoms with Crippen LogP contribution >= 0.6 is 0 Å². The summed E-state index contributed by atoms with van der Waals surface area (Å²) >= 11 is 0. The second-order valence-electron chi connectivity index (χ2n) is 7.37. The Labute approximate surface area is 162 Å². The minimum atomic E-state index is 0.393. The van der Waals surface area contributed by atoms with Crippen LogP contribution in [0.15, 0.2) is 11.2 Å². The monoisotopic (exact) mass is 374 g/mol. The van der Waals surface area contributed by atoms with Crippen LogP contribution < -0.4 is 5.32 Å². The first kappa shape index (κ1) is 20.9. The van der Waals surface area contributed by atoms with Gasteiger partial charge < -0.3 is 14.8 Å². The summed E-state index contributed by atoms with van der Waals surface area (Å²) in [7, 11) is 6.01. The quantitative estimate of drug-likeness (QED) is 0.436. The van der Waals surface area contributed by atoms with Gasteiger partial charge in [0, 0.05) is 46.0 Å². The van der Waals surface area contributed by atoms with Gasteiger partial charge >= 0.3 is 0 Å². The topological polar surface area (TPSA) is 76.2 Å². The van der Waals surface area contributed by atoms with E-state index in [-0.39, 0.29) is 0 Å². The molecular formula is C19H34N8. The Morgan fingerprint density at radius 3 is 2.63 bits per heavy atom. The van der Waals surface area contributed by atoms with Gasteiger partial charge in [0.05, 0.1) is 5.69 Å². The summed E-state index contributed by atoms with van der Waals surface area (Å²) in [6.07, 6.45) is 4.36. The van der Waals surface area contributed by atoms with Crippen molar-refractivity contribution < 1.29 is 0 Å². The van der Waals surface area contributed by atoms with Crippen molar-refractivity contribution in [2.24, 2.45) is 19.1 Å². The molecule has 0 saturated carbocycles. The smallest absolute Gasteiger partial charge is 0.194 e. The predicted octanol–water partition coefficient (Wildman–Crippen LogP) is 2.36. The number of aryl methyl sites for hydroxylation is 2. The molecular weight excluding hydrogens is 340 g/mol. The molecule has 0 unspecified atom stereocenters. The van der Waals surface area contributed by atoms with Gasteiger partial charge in [0.2, 0.25) is 0 Å². The molecule has 2 aromatic heterocycles. The van der Waals surface area contributed by atoms with E-state index >= 15 is 0 Å². The largest absolute Gasteiger partial charge is 0.356 e. The van der Waals surface area contributed by atoms with Crippen molar-refractivity contribution in [3.05, 3.63) is 29.1 Å². The zero-order chi connectivity index (χ0) is 20.0. The first-order chi connectivity index (χ1) is 12.8. The second kappa shape index (κ2) is 9.53. The van der Waals surface area contributed by atoms with E-state index in [2.05, 4.69) is 59.5 Å². The van der Waals surface area contributed by atoms with Crippen molar-refractivity contribution in [3.8, 4) is 0 Å². The normalized spacial score (nSPS) is 12.1. The zero-order valence-corrected chi connectivity index (χ0v) is 17.8. The number of guanidine groups is 1. The number of nitrogens with one attached hydrogen (secondary N) is 1. The molecule has 0 fully saturated rings. The molecule has 2 heterocycles. The molecule has 0 aliphatic carbocycles.